The van der Waals surface area contributed by atoms with E-state index in [1.807, 2.05) is 50.5 Å². The first-order chi connectivity index (χ1) is 11.3. The van der Waals surface area contributed by atoms with Crippen LogP contribution in [-0.4, -0.2) is 51.5 Å². The van der Waals surface area contributed by atoms with E-state index < -0.39 is 0 Å². The van der Waals surface area contributed by atoms with Gasteiger partial charge in [0.2, 0.25) is 5.91 Å². The second-order valence-corrected chi connectivity index (χ2v) is 7.77. The minimum absolute atomic E-state index is 0.196. The zero-order valence-electron chi connectivity index (χ0n) is 15.3. The van der Waals surface area contributed by atoms with Crippen LogP contribution in [0.1, 0.15) is 33.6 Å². The van der Waals surface area contributed by atoms with Crippen molar-refractivity contribution in [1.82, 2.24) is 19.4 Å². The maximum atomic E-state index is 12.6. The van der Waals surface area contributed by atoms with E-state index in [9.17, 15) is 4.79 Å². The number of hydrogen-bond donors (Lipinski definition) is 0. The van der Waals surface area contributed by atoms with Gasteiger partial charge in [0, 0.05) is 44.8 Å². The van der Waals surface area contributed by atoms with E-state index in [0.29, 0.717) is 0 Å². The topological polar surface area (TPSA) is 54.3 Å². The molecule has 0 aliphatic carbocycles. The highest BCUT2D eigenvalue weighted by Crippen LogP contribution is 2.28. The Labute approximate surface area is 143 Å². The van der Waals surface area contributed by atoms with Gasteiger partial charge in [0.25, 0.3) is 0 Å². The molecule has 3 rings (SSSR count). The van der Waals surface area contributed by atoms with Gasteiger partial charge in [-0.25, -0.2) is 9.97 Å². The molecule has 1 amide bonds. The van der Waals surface area contributed by atoms with Crippen molar-refractivity contribution in [3.8, 4) is 0 Å². The quantitative estimate of drug-likeness (QED) is 0.849. The first-order valence-corrected chi connectivity index (χ1v) is 8.57. The molecule has 24 heavy (non-hydrogen) atoms. The summed E-state index contributed by atoms with van der Waals surface area (Å²) in [7, 11) is 3.92. The Morgan fingerprint density at radius 1 is 1.33 bits per heavy atom. The number of piperidine rings is 1. The van der Waals surface area contributed by atoms with E-state index in [0.717, 1.165) is 42.8 Å². The molecule has 0 spiro atoms. The Morgan fingerprint density at radius 2 is 2.08 bits per heavy atom. The lowest BCUT2D eigenvalue weighted by atomic mass is 9.93. The summed E-state index contributed by atoms with van der Waals surface area (Å²) in [6.45, 7) is 7.72. The number of nitrogens with zero attached hydrogens (tertiary/aromatic N) is 5. The van der Waals surface area contributed by atoms with Gasteiger partial charge in [-0.3, -0.25) is 4.79 Å². The average Bonchev–Trinajstić information content (AvgIpc) is 2.94. The molecule has 6 nitrogen and oxygen atoms in total. The molecular formula is C18H27N5O. The SMILES string of the molecule is CN(C(=O)C(C)(C)C)C1CCCN(c2ncnc3c2ccn3C)C1. The van der Waals surface area contributed by atoms with Crippen molar-refractivity contribution in [3.05, 3.63) is 18.6 Å². The standard InChI is InChI=1S/C18H27N5O/c1-18(2,3)17(24)22(5)13-7-6-9-23(11-13)16-14-8-10-21(4)15(14)19-12-20-16/h8,10,12-13H,6-7,9,11H2,1-5H3. The highest BCUT2D eigenvalue weighted by Gasteiger charge is 2.32. The van der Waals surface area contributed by atoms with E-state index in [1.54, 1.807) is 6.33 Å². The number of anilines is 1. The van der Waals surface area contributed by atoms with Gasteiger partial charge >= 0.3 is 0 Å². The molecule has 130 valence electrons. The monoisotopic (exact) mass is 329 g/mol. The van der Waals surface area contributed by atoms with Crippen molar-refractivity contribution in [2.75, 3.05) is 25.0 Å². The van der Waals surface area contributed by atoms with Gasteiger partial charge in [-0.05, 0) is 18.9 Å². The Kier molecular flexibility index (Phi) is 4.24. The summed E-state index contributed by atoms with van der Waals surface area (Å²) in [5.74, 6) is 1.17. The zero-order valence-corrected chi connectivity index (χ0v) is 15.3. The lowest BCUT2D eigenvalue weighted by Gasteiger charge is -2.40. The first-order valence-electron chi connectivity index (χ1n) is 8.57. The minimum atomic E-state index is -0.349. The number of carbonyl (C=O) groups is 1. The van der Waals surface area contributed by atoms with Crippen molar-refractivity contribution in [2.24, 2.45) is 12.5 Å². The second-order valence-electron chi connectivity index (χ2n) is 7.77. The number of likely N-dealkylation sites (N-methyl/N-ethyl adjacent to an activating group) is 1. The van der Waals surface area contributed by atoms with Crippen LogP contribution in [0.25, 0.3) is 11.0 Å². The molecule has 2 aromatic rings. The number of rotatable bonds is 2. The molecular weight excluding hydrogens is 302 g/mol. The molecule has 0 bridgehead atoms. The van der Waals surface area contributed by atoms with Crippen LogP contribution in [0.3, 0.4) is 0 Å². The maximum Gasteiger partial charge on any atom is 0.227 e. The molecule has 3 heterocycles. The molecule has 0 saturated carbocycles. The number of aryl methyl sites for hydroxylation is 1. The van der Waals surface area contributed by atoms with Gasteiger partial charge in [0.15, 0.2) is 0 Å². The predicted molar refractivity (Wildman–Crippen MR) is 96.0 cm³/mol. The van der Waals surface area contributed by atoms with E-state index in [-0.39, 0.29) is 17.4 Å². The van der Waals surface area contributed by atoms with E-state index >= 15 is 0 Å². The third-order valence-corrected chi connectivity index (χ3v) is 4.85. The second kappa shape index (κ2) is 6.07. The predicted octanol–water partition coefficient (Wildman–Crippen LogP) is 2.44. The number of carbonyl (C=O) groups excluding carboxylic acids is 1. The van der Waals surface area contributed by atoms with E-state index in [4.69, 9.17) is 0 Å². The Morgan fingerprint density at radius 3 is 2.79 bits per heavy atom. The lowest BCUT2D eigenvalue weighted by Crippen LogP contribution is -2.51. The Balaban J connectivity index is 1.84. The van der Waals surface area contributed by atoms with Crippen LogP contribution >= 0.6 is 0 Å². The van der Waals surface area contributed by atoms with Gasteiger partial charge in [0.1, 0.15) is 17.8 Å². The molecule has 1 atom stereocenters. The van der Waals surface area contributed by atoms with E-state index in [1.165, 1.54) is 0 Å². The van der Waals surface area contributed by atoms with Gasteiger partial charge < -0.3 is 14.4 Å². The van der Waals surface area contributed by atoms with Crippen LogP contribution in [0.4, 0.5) is 5.82 Å². The fourth-order valence-corrected chi connectivity index (χ4v) is 3.47. The van der Waals surface area contributed by atoms with Crippen LogP contribution in [-0.2, 0) is 11.8 Å². The Bertz CT molecular complexity index is 745. The molecule has 6 heteroatoms. The van der Waals surface area contributed by atoms with Crippen molar-refractivity contribution < 1.29 is 4.79 Å². The summed E-state index contributed by atoms with van der Waals surface area (Å²) in [4.78, 5) is 25.7. The minimum Gasteiger partial charge on any atom is -0.354 e. The summed E-state index contributed by atoms with van der Waals surface area (Å²) in [6.07, 6.45) is 5.74. The molecule has 0 aromatic carbocycles. The normalized spacial score (nSPS) is 18.9. The lowest BCUT2D eigenvalue weighted by molar-refractivity contribution is -0.140. The molecule has 1 aliphatic rings. The molecule has 1 fully saturated rings. The zero-order chi connectivity index (χ0) is 17.5. The molecule has 0 radical (unpaired) electrons. The number of amides is 1. The van der Waals surface area contributed by atoms with Crippen LogP contribution in [0, 0.1) is 5.41 Å². The average molecular weight is 329 g/mol. The highest BCUT2D eigenvalue weighted by atomic mass is 16.2. The van der Waals surface area contributed by atoms with Crippen molar-refractivity contribution in [1.29, 1.82) is 0 Å². The highest BCUT2D eigenvalue weighted by molar-refractivity contribution is 5.88. The fourth-order valence-electron chi connectivity index (χ4n) is 3.47. The number of aromatic nitrogens is 3. The number of fused-ring (bicyclic) bond motifs is 1. The smallest absolute Gasteiger partial charge is 0.227 e. The Hall–Kier alpha value is -2.11. The van der Waals surface area contributed by atoms with Crippen LogP contribution in [0.2, 0.25) is 0 Å². The molecule has 1 saturated heterocycles. The molecule has 1 unspecified atom stereocenters. The summed E-state index contributed by atoms with van der Waals surface area (Å²) in [5, 5.41) is 1.07. The molecule has 0 N–H and O–H groups in total. The van der Waals surface area contributed by atoms with Crippen LogP contribution in [0.5, 0.6) is 0 Å². The van der Waals surface area contributed by atoms with Crippen molar-refractivity contribution >= 4 is 22.8 Å². The largest absolute Gasteiger partial charge is 0.354 e. The number of hydrogen-bond acceptors (Lipinski definition) is 4. The maximum absolute atomic E-state index is 12.6. The van der Waals surface area contributed by atoms with Crippen LogP contribution < -0.4 is 4.90 Å². The van der Waals surface area contributed by atoms with Gasteiger partial charge in [-0.2, -0.15) is 0 Å². The molecule has 2 aromatic heterocycles. The third-order valence-electron chi connectivity index (χ3n) is 4.85. The first kappa shape index (κ1) is 16.7. The van der Waals surface area contributed by atoms with Gasteiger partial charge in [-0.1, -0.05) is 20.8 Å². The summed E-state index contributed by atoms with van der Waals surface area (Å²) >= 11 is 0. The fraction of sp³-hybridized carbons (Fsp3) is 0.611. The van der Waals surface area contributed by atoms with Crippen molar-refractivity contribution in [2.45, 2.75) is 39.7 Å². The summed E-state index contributed by atoms with van der Waals surface area (Å²) < 4.78 is 2.01. The third kappa shape index (κ3) is 2.97. The van der Waals surface area contributed by atoms with Gasteiger partial charge in [0.05, 0.1) is 5.39 Å². The van der Waals surface area contributed by atoms with Gasteiger partial charge in [-0.15, -0.1) is 0 Å². The summed E-state index contributed by atoms with van der Waals surface area (Å²) in [5.41, 5.74) is 0.597. The van der Waals surface area contributed by atoms with E-state index in [2.05, 4.69) is 20.9 Å². The summed E-state index contributed by atoms with van der Waals surface area (Å²) in [6, 6.07) is 2.29. The molecule has 1 aliphatic heterocycles. The van der Waals surface area contributed by atoms with Crippen LogP contribution in [0.15, 0.2) is 18.6 Å². The van der Waals surface area contributed by atoms with Crippen molar-refractivity contribution in [3.63, 3.8) is 0 Å².